The highest BCUT2D eigenvalue weighted by atomic mass is 32.1. The van der Waals surface area contributed by atoms with Crippen molar-refractivity contribution in [3.8, 4) is 17.2 Å². The van der Waals surface area contributed by atoms with Gasteiger partial charge in [-0.3, -0.25) is 19.7 Å². The summed E-state index contributed by atoms with van der Waals surface area (Å²) in [7, 11) is 1.10. The van der Waals surface area contributed by atoms with E-state index in [1.165, 1.54) is 0 Å². The normalized spacial score (nSPS) is 12.6. The van der Waals surface area contributed by atoms with E-state index in [-0.39, 0.29) is 23.1 Å². The number of benzene rings is 2. The zero-order valence-corrected chi connectivity index (χ0v) is 19.4. The summed E-state index contributed by atoms with van der Waals surface area (Å²) in [6.07, 6.45) is -7.56. The Labute approximate surface area is 210 Å². The van der Waals surface area contributed by atoms with E-state index in [1.807, 2.05) is 0 Å². The molecule has 7 nitrogen and oxygen atoms in total. The predicted octanol–water partition coefficient (Wildman–Crippen LogP) is 6.50. The van der Waals surface area contributed by atoms with E-state index in [0.717, 1.165) is 37.5 Å². The van der Waals surface area contributed by atoms with E-state index < -0.39 is 56.3 Å². The lowest BCUT2D eigenvalue weighted by atomic mass is 10.0. The smallest absolute Gasteiger partial charge is 0.455 e. The lowest BCUT2D eigenvalue weighted by Crippen LogP contribution is -2.28. The van der Waals surface area contributed by atoms with Crippen LogP contribution in [-0.2, 0) is 15.8 Å². The molecule has 2 aromatic rings. The van der Waals surface area contributed by atoms with Crippen LogP contribution in [0.2, 0.25) is 0 Å². The fourth-order valence-corrected chi connectivity index (χ4v) is 3.00. The summed E-state index contributed by atoms with van der Waals surface area (Å²) in [6, 6.07) is 4.72. The zero-order valence-electron chi connectivity index (χ0n) is 18.5. The summed E-state index contributed by atoms with van der Waals surface area (Å²) in [6.45, 7) is 3.29. The Morgan fingerprint density at radius 1 is 1.03 bits per heavy atom. The maximum Gasteiger partial charge on any atom is 0.455 e. The van der Waals surface area contributed by atoms with Crippen LogP contribution in [0.1, 0.15) is 11.1 Å². The molecule has 14 heteroatoms. The Balaban J connectivity index is 2.56. The van der Waals surface area contributed by atoms with Crippen LogP contribution >= 0.6 is 12.6 Å². The van der Waals surface area contributed by atoms with Crippen molar-refractivity contribution < 1.29 is 50.3 Å². The summed E-state index contributed by atoms with van der Waals surface area (Å²) in [5.74, 6) is -4.87. The van der Waals surface area contributed by atoms with Crippen LogP contribution in [0.15, 0.2) is 65.6 Å². The topological polar surface area (TPSA) is 95.7 Å². The number of nitro groups is 1. The number of nitro benzene ring substituents is 1. The number of methoxy groups -OCH3 is 1. The molecular formula is C23H15F6NO6S. The van der Waals surface area contributed by atoms with Gasteiger partial charge in [-0.25, -0.2) is 0 Å². The van der Waals surface area contributed by atoms with Crippen molar-refractivity contribution in [2.75, 3.05) is 7.11 Å². The van der Waals surface area contributed by atoms with Crippen LogP contribution in [0.4, 0.5) is 32.0 Å². The molecular weight excluding hydrogens is 532 g/mol. The van der Waals surface area contributed by atoms with Gasteiger partial charge in [0.2, 0.25) is 11.5 Å². The highest BCUT2D eigenvalue weighted by Crippen LogP contribution is 2.40. The molecule has 0 aliphatic carbocycles. The predicted molar refractivity (Wildman–Crippen MR) is 122 cm³/mol. The average molecular weight is 547 g/mol. The van der Waals surface area contributed by atoms with E-state index in [2.05, 4.69) is 19.2 Å². The maximum absolute atomic E-state index is 13.1. The molecule has 0 atom stereocenters. The van der Waals surface area contributed by atoms with Crippen LogP contribution in [0.25, 0.3) is 6.08 Å². The number of allylic oxidation sites excluding steroid dienone is 4. The number of hydrogen-bond donors (Lipinski definition) is 1. The zero-order chi connectivity index (χ0) is 28.1. The first kappa shape index (κ1) is 29.2. The molecule has 0 spiro atoms. The van der Waals surface area contributed by atoms with Gasteiger partial charge in [-0.15, -0.1) is 12.6 Å². The minimum Gasteiger partial charge on any atom is -0.493 e. The number of ketones is 2. The van der Waals surface area contributed by atoms with Gasteiger partial charge in [0.05, 0.1) is 28.1 Å². The van der Waals surface area contributed by atoms with Gasteiger partial charge in [-0.1, -0.05) is 18.7 Å². The summed E-state index contributed by atoms with van der Waals surface area (Å²) in [4.78, 5) is 34.0. The molecule has 0 saturated heterocycles. The molecule has 2 rings (SSSR count). The van der Waals surface area contributed by atoms with Crippen LogP contribution in [-0.4, -0.2) is 29.8 Å². The fraction of sp³-hybridized carbons (Fsp3) is 0.130. The molecule has 0 fully saturated rings. The second-order valence-corrected chi connectivity index (χ2v) is 7.43. The van der Waals surface area contributed by atoms with Crippen LogP contribution < -0.4 is 9.47 Å². The molecule has 37 heavy (non-hydrogen) atoms. The molecule has 196 valence electrons. The number of rotatable bonds is 9. The number of ether oxygens (including phenoxy) is 2. The molecule has 0 heterocycles. The van der Waals surface area contributed by atoms with Crippen LogP contribution in [0, 0.1) is 10.1 Å². The molecule has 0 radical (unpaired) electrons. The van der Waals surface area contributed by atoms with Gasteiger partial charge in [0, 0.05) is 6.07 Å². The Morgan fingerprint density at radius 3 is 2.16 bits per heavy atom. The van der Waals surface area contributed by atoms with Crippen molar-refractivity contribution in [3.05, 3.63) is 86.8 Å². The van der Waals surface area contributed by atoms with Gasteiger partial charge in [0.15, 0.2) is 11.5 Å². The van der Waals surface area contributed by atoms with E-state index in [1.54, 1.807) is 0 Å². The van der Waals surface area contributed by atoms with Crippen LogP contribution in [0.3, 0.4) is 0 Å². The third kappa shape index (κ3) is 7.22. The van der Waals surface area contributed by atoms with E-state index in [0.29, 0.717) is 18.2 Å². The molecule has 0 aromatic heterocycles. The summed E-state index contributed by atoms with van der Waals surface area (Å²) in [5.41, 5.74) is -3.73. The molecule has 0 saturated carbocycles. The summed E-state index contributed by atoms with van der Waals surface area (Å²) in [5, 5.41) is 11.3. The van der Waals surface area contributed by atoms with E-state index in [9.17, 15) is 46.0 Å². The van der Waals surface area contributed by atoms with Crippen molar-refractivity contribution in [1.29, 1.82) is 0 Å². The minimum absolute atomic E-state index is 0.146. The number of carbonyl (C=O) groups excluding carboxylic acids is 2. The Bertz CT molecular complexity index is 1310. The number of halogens is 6. The van der Waals surface area contributed by atoms with Crippen molar-refractivity contribution in [1.82, 2.24) is 0 Å². The SMILES string of the molecule is C=C/C=C(\S)C(=O)/C(=C/c1ccc(Oc2ccc(C(F)(F)F)cc2[N+](=O)[O-])c(OC)c1)C(=O)C(F)(F)F. The number of nitrogens with zero attached hydrogens (tertiary/aromatic N) is 1. The Morgan fingerprint density at radius 2 is 1.65 bits per heavy atom. The lowest BCUT2D eigenvalue weighted by Gasteiger charge is -2.13. The van der Waals surface area contributed by atoms with Crippen molar-refractivity contribution in [3.63, 3.8) is 0 Å². The first-order valence-electron chi connectivity index (χ1n) is 9.71. The number of Topliss-reactive ketones (excluding diaryl/α,β-unsaturated/α-hetero) is 2. The third-order valence-electron chi connectivity index (χ3n) is 4.46. The van der Waals surface area contributed by atoms with Gasteiger partial charge in [-0.2, -0.15) is 26.3 Å². The molecule has 0 N–H and O–H groups in total. The highest BCUT2D eigenvalue weighted by molar-refractivity contribution is 7.85. The molecule has 0 bridgehead atoms. The lowest BCUT2D eigenvalue weighted by molar-refractivity contribution is -0.385. The average Bonchev–Trinajstić information content (AvgIpc) is 2.81. The first-order chi connectivity index (χ1) is 17.1. The molecule has 0 unspecified atom stereocenters. The van der Waals surface area contributed by atoms with Gasteiger partial charge in [-0.05, 0) is 42.0 Å². The largest absolute Gasteiger partial charge is 0.493 e. The fourth-order valence-electron chi connectivity index (χ4n) is 2.78. The minimum atomic E-state index is -5.39. The quantitative estimate of drug-likeness (QED) is 0.0563. The van der Waals surface area contributed by atoms with E-state index >= 15 is 0 Å². The summed E-state index contributed by atoms with van der Waals surface area (Å²) >= 11 is 3.77. The Hall–Kier alpha value is -4.07. The molecule has 0 aliphatic rings. The third-order valence-corrected chi connectivity index (χ3v) is 4.81. The second-order valence-electron chi connectivity index (χ2n) is 6.95. The van der Waals surface area contributed by atoms with Gasteiger partial charge in [0.25, 0.3) is 5.78 Å². The standard InChI is InChI=1S/C23H15F6NO6S/c1-3-4-19(37)20(31)14(21(32)23(27,28)29)9-12-5-7-17(18(10-12)35-2)36-16-8-6-13(22(24,25)26)11-15(16)30(33)34/h3-11,37H,1H2,2H3/b14-9-,19-4-. The monoisotopic (exact) mass is 547 g/mol. The van der Waals surface area contributed by atoms with Crippen molar-refractivity contribution >= 4 is 36.0 Å². The molecule has 2 aromatic carbocycles. The Kier molecular flexibility index (Phi) is 8.93. The highest BCUT2D eigenvalue weighted by Gasteiger charge is 2.43. The number of alkyl halides is 6. The number of thiol groups is 1. The number of carbonyl (C=O) groups is 2. The summed E-state index contributed by atoms with van der Waals surface area (Å²) < 4.78 is 88.4. The van der Waals surface area contributed by atoms with Crippen LogP contribution in [0.5, 0.6) is 17.2 Å². The second kappa shape index (κ2) is 11.3. The van der Waals surface area contributed by atoms with Crippen molar-refractivity contribution in [2.24, 2.45) is 0 Å². The van der Waals surface area contributed by atoms with Gasteiger partial charge >= 0.3 is 18.0 Å². The van der Waals surface area contributed by atoms with Crippen molar-refractivity contribution in [2.45, 2.75) is 12.4 Å². The van der Waals surface area contributed by atoms with Gasteiger partial charge < -0.3 is 9.47 Å². The maximum atomic E-state index is 13.1. The van der Waals surface area contributed by atoms with E-state index in [4.69, 9.17) is 9.47 Å². The van der Waals surface area contributed by atoms with Gasteiger partial charge in [0.1, 0.15) is 0 Å². The number of hydrogen-bond acceptors (Lipinski definition) is 7. The molecule has 0 aliphatic heterocycles. The molecule has 0 amide bonds. The first-order valence-corrected chi connectivity index (χ1v) is 10.2.